The molecule has 0 aliphatic heterocycles. The first kappa shape index (κ1) is 22.0. The number of hydrogen-bond acceptors (Lipinski definition) is 4. The van der Waals surface area contributed by atoms with Crippen LogP contribution in [0, 0.1) is 0 Å². The fourth-order valence-corrected chi connectivity index (χ4v) is 3.37. The average molecular weight is 432 g/mol. The van der Waals surface area contributed by atoms with E-state index >= 15 is 0 Å². The molecule has 4 aromatic carbocycles. The summed E-state index contributed by atoms with van der Waals surface area (Å²) in [6, 6.07) is 18.6. The summed E-state index contributed by atoms with van der Waals surface area (Å²) in [5.74, 6) is -4.38. The second-order valence-corrected chi connectivity index (χ2v) is 6.64. The third-order valence-corrected chi connectivity index (χ3v) is 4.75. The SMILES string of the molecule is O=C(O)c1ccc(C(=O)O)c2ccccc12.O=C(O)c1cccc2cccc(C(=O)O)c12. The van der Waals surface area contributed by atoms with Crippen molar-refractivity contribution < 1.29 is 39.6 Å². The Labute approximate surface area is 180 Å². The predicted molar refractivity (Wildman–Crippen MR) is 116 cm³/mol. The normalized spacial score (nSPS) is 10.2. The van der Waals surface area contributed by atoms with Crippen molar-refractivity contribution in [2.45, 2.75) is 0 Å². The molecule has 0 atom stereocenters. The number of carbonyl (C=O) groups is 4. The lowest BCUT2D eigenvalue weighted by molar-refractivity contribution is 0.0684. The quantitative estimate of drug-likeness (QED) is 0.369. The molecule has 0 amide bonds. The summed E-state index contributed by atoms with van der Waals surface area (Å²) in [5.41, 5.74) is 0.243. The van der Waals surface area contributed by atoms with Crippen molar-refractivity contribution in [3.63, 3.8) is 0 Å². The molecular weight excluding hydrogens is 416 g/mol. The Kier molecular flexibility index (Phi) is 6.16. The van der Waals surface area contributed by atoms with Gasteiger partial charge in [0.05, 0.1) is 22.3 Å². The smallest absolute Gasteiger partial charge is 0.336 e. The number of hydrogen-bond donors (Lipinski definition) is 4. The number of carboxylic acid groups (broad SMARTS) is 4. The van der Waals surface area contributed by atoms with E-state index < -0.39 is 23.9 Å². The third kappa shape index (κ3) is 4.24. The van der Waals surface area contributed by atoms with Crippen LogP contribution in [0.4, 0.5) is 0 Å². The zero-order valence-electron chi connectivity index (χ0n) is 16.4. The number of aromatic carboxylic acids is 4. The summed E-state index contributed by atoms with van der Waals surface area (Å²) < 4.78 is 0. The molecule has 4 N–H and O–H groups in total. The summed E-state index contributed by atoms with van der Waals surface area (Å²) in [5, 5.41) is 37.7. The molecule has 0 unspecified atom stereocenters. The van der Waals surface area contributed by atoms with Crippen LogP contribution in [0.3, 0.4) is 0 Å². The second-order valence-electron chi connectivity index (χ2n) is 6.64. The molecule has 0 saturated heterocycles. The van der Waals surface area contributed by atoms with E-state index in [9.17, 15) is 19.2 Å². The van der Waals surface area contributed by atoms with Crippen molar-refractivity contribution in [1.29, 1.82) is 0 Å². The molecule has 160 valence electrons. The van der Waals surface area contributed by atoms with Crippen LogP contribution in [-0.4, -0.2) is 44.3 Å². The number of rotatable bonds is 4. The maximum absolute atomic E-state index is 11.0. The largest absolute Gasteiger partial charge is 0.478 e. The zero-order valence-corrected chi connectivity index (χ0v) is 16.4. The molecule has 8 heteroatoms. The van der Waals surface area contributed by atoms with E-state index in [-0.39, 0.29) is 27.6 Å². The summed E-state index contributed by atoms with van der Waals surface area (Å²) in [6.07, 6.45) is 0. The maximum Gasteiger partial charge on any atom is 0.336 e. The summed E-state index contributed by atoms with van der Waals surface area (Å²) in [7, 11) is 0. The van der Waals surface area contributed by atoms with Gasteiger partial charge < -0.3 is 20.4 Å². The number of fused-ring (bicyclic) bond motifs is 2. The molecule has 0 bridgehead atoms. The van der Waals surface area contributed by atoms with Crippen LogP contribution in [0.25, 0.3) is 21.5 Å². The van der Waals surface area contributed by atoms with Crippen molar-refractivity contribution >= 4 is 45.4 Å². The van der Waals surface area contributed by atoms with Crippen molar-refractivity contribution in [2.75, 3.05) is 0 Å². The van der Waals surface area contributed by atoms with E-state index in [0.717, 1.165) is 0 Å². The lowest BCUT2D eigenvalue weighted by Gasteiger charge is -2.05. The fraction of sp³-hybridized carbons (Fsp3) is 0. The lowest BCUT2D eigenvalue weighted by Crippen LogP contribution is -2.03. The van der Waals surface area contributed by atoms with Gasteiger partial charge >= 0.3 is 23.9 Å². The van der Waals surface area contributed by atoms with Gasteiger partial charge in [0.2, 0.25) is 0 Å². The summed E-state index contributed by atoms with van der Waals surface area (Å²) >= 11 is 0. The van der Waals surface area contributed by atoms with Crippen LogP contribution >= 0.6 is 0 Å². The van der Waals surface area contributed by atoms with Gasteiger partial charge in [-0.25, -0.2) is 19.2 Å². The first-order valence-corrected chi connectivity index (χ1v) is 9.19. The molecular formula is C24H16O8. The Morgan fingerprint density at radius 1 is 0.438 bits per heavy atom. The average Bonchev–Trinajstić information content (AvgIpc) is 2.77. The van der Waals surface area contributed by atoms with Crippen molar-refractivity contribution in [3.05, 3.63) is 95.1 Å². The van der Waals surface area contributed by atoms with Crippen molar-refractivity contribution in [1.82, 2.24) is 0 Å². The van der Waals surface area contributed by atoms with Crippen LogP contribution in [0.5, 0.6) is 0 Å². The van der Waals surface area contributed by atoms with Gasteiger partial charge in [-0.3, -0.25) is 0 Å². The number of carboxylic acids is 4. The van der Waals surface area contributed by atoms with E-state index in [1.165, 1.54) is 24.3 Å². The molecule has 0 fully saturated rings. The van der Waals surface area contributed by atoms with Gasteiger partial charge in [0.25, 0.3) is 0 Å². The van der Waals surface area contributed by atoms with Crippen LogP contribution in [0.15, 0.2) is 72.8 Å². The van der Waals surface area contributed by atoms with Gasteiger partial charge in [0, 0.05) is 5.39 Å². The molecule has 0 aliphatic carbocycles. The van der Waals surface area contributed by atoms with E-state index in [1.54, 1.807) is 48.5 Å². The molecule has 0 spiro atoms. The molecule has 4 rings (SSSR count). The Bertz CT molecular complexity index is 1290. The van der Waals surface area contributed by atoms with Crippen LogP contribution in [-0.2, 0) is 0 Å². The monoisotopic (exact) mass is 432 g/mol. The lowest BCUT2D eigenvalue weighted by atomic mass is 9.99. The molecule has 0 saturated carbocycles. The summed E-state index contributed by atoms with van der Waals surface area (Å²) in [4.78, 5) is 43.9. The van der Waals surface area contributed by atoms with Crippen molar-refractivity contribution in [2.24, 2.45) is 0 Å². The van der Waals surface area contributed by atoms with Gasteiger partial charge in [-0.2, -0.15) is 0 Å². The zero-order chi connectivity index (χ0) is 23.4. The van der Waals surface area contributed by atoms with Gasteiger partial charge in [-0.1, -0.05) is 48.5 Å². The minimum Gasteiger partial charge on any atom is -0.478 e. The molecule has 8 nitrogen and oxygen atoms in total. The molecule has 0 heterocycles. The maximum atomic E-state index is 11.0. The highest BCUT2D eigenvalue weighted by Crippen LogP contribution is 2.24. The molecule has 32 heavy (non-hydrogen) atoms. The molecule has 0 aliphatic rings. The van der Waals surface area contributed by atoms with Crippen LogP contribution < -0.4 is 0 Å². The third-order valence-electron chi connectivity index (χ3n) is 4.75. The molecule has 4 aromatic rings. The number of benzene rings is 4. The Morgan fingerprint density at radius 3 is 1.16 bits per heavy atom. The minimum absolute atomic E-state index is 0.00972. The highest BCUT2D eigenvalue weighted by Gasteiger charge is 2.15. The van der Waals surface area contributed by atoms with Gasteiger partial charge in [0.15, 0.2) is 0 Å². The van der Waals surface area contributed by atoms with Crippen LogP contribution in [0.2, 0.25) is 0 Å². The first-order valence-electron chi connectivity index (χ1n) is 9.19. The van der Waals surface area contributed by atoms with E-state index in [0.29, 0.717) is 16.2 Å². The first-order chi connectivity index (χ1) is 15.2. The molecule has 0 radical (unpaired) electrons. The van der Waals surface area contributed by atoms with Gasteiger partial charge in [-0.05, 0) is 40.4 Å². The Morgan fingerprint density at radius 2 is 0.812 bits per heavy atom. The second kappa shape index (κ2) is 8.97. The van der Waals surface area contributed by atoms with Gasteiger partial charge in [0.1, 0.15) is 0 Å². The van der Waals surface area contributed by atoms with Crippen LogP contribution in [0.1, 0.15) is 41.4 Å². The topological polar surface area (TPSA) is 149 Å². The highest BCUT2D eigenvalue weighted by molar-refractivity contribution is 6.12. The standard InChI is InChI=1S/2C12H8O4/c13-11(14)8-5-1-3-7-4-2-6-9(10(7)8)12(15)16;13-11(14)9-5-6-10(12(15)16)8-4-2-1-3-7(8)9/h2*1-6H,(H,13,14)(H,15,16). The van der Waals surface area contributed by atoms with Crippen molar-refractivity contribution in [3.8, 4) is 0 Å². The Balaban J connectivity index is 0.000000181. The summed E-state index contributed by atoms with van der Waals surface area (Å²) in [6.45, 7) is 0. The highest BCUT2D eigenvalue weighted by atomic mass is 16.4. The van der Waals surface area contributed by atoms with E-state index in [4.69, 9.17) is 20.4 Å². The van der Waals surface area contributed by atoms with E-state index in [1.807, 2.05) is 0 Å². The minimum atomic E-state index is -1.13. The van der Waals surface area contributed by atoms with E-state index in [2.05, 4.69) is 0 Å². The fourth-order valence-electron chi connectivity index (χ4n) is 3.37. The Hall–Kier alpha value is -4.72. The van der Waals surface area contributed by atoms with Gasteiger partial charge in [-0.15, -0.1) is 0 Å². The molecule has 0 aromatic heterocycles. The predicted octanol–water partition coefficient (Wildman–Crippen LogP) is 4.47.